The molecule has 0 atom stereocenters. The summed E-state index contributed by atoms with van der Waals surface area (Å²) >= 11 is 6.58. The van der Waals surface area contributed by atoms with Gasteiger partial charge in [-0.25, -0.2) is 4.98 Å². The molecule has 2 aromatic carbocycles. The summed E-state index contributed by atoms with van der Waals surface area (Å²) in [5, 5.41) is 13.9. The molecule has 1 saturated heterocycles. The van der Waals surface area contributed by atoms with Crippen molar-refractivity contribution in [1.82, 2.24) is 19.4 Å². The number of rotatable bonds is 6. The molecule has 0 aliphatic carbocycles. The minimum absolute atomic E-state index is 0.203. The maximum atomic E-state index is 13.8. The number of carbonyl (C=O) groups excluding carboxylic acids is 1. The molecule has 2 aromatic heterocycles. The molecule has 5 rings (SSSR count). The van der Waals surface area contributed by atoms with Gasteiger partial charge in [0, 0.05) is 31.7 Å². The molecule has 0 radical (unpaired) electrons. The van der Waals surface area contributed by atoms with E-state index in [-0.39, 0.29) is 23.4 Å². The van der Waals surface area contributed by atoms with Crippen LogP contribution in [0.25, 0.3) is 16.7 Å². The van der Waals surface area contributed by atoms with Gasteiger partial charge in [-0.2, -0.15) is 5.26 Å². The summed E-state index contributed by atoms with van der Waals surface area (Å²) in [5.74, 6) is 0.855. The number of hydrogen-bond donors (Lipinski definition) is 1. The number of para-hydroxylation sites is 1. The number of piperazine rings is 1. The number of nitrogens with one attached hydrogen (secondary N) is 1. The number of fused-ring (bicyclic) bond motifs is 1. The van der Waals surface area contributed by atoms with Gasteiger partial charge in [-0.05, 0) is 24.3 Å². The lowest BCUT2D eigenvalue weighted by Crippen LogP contribution is -2.44. The third-order valence-corrected chi connectivity index (χ3v) is 6.56. The summed E-state index contributed by atoms with van der Waals surface area (Å²) in [6, 6.07) is 16.2. The van der Waals surface area contributed by atoms with E-state index in [1.54, 1.807) is 47.0 Å². The monoisotopic (exact) mass is 502 g/mol. The van der Waals surface area contributed by atoms with Crippen molar-refractivity contribution in [2.24, 2.45) is 0 Å². The Morgan fingerprint density at radius 3 is 2.69 bits per heavy atom. The first-order valence-corrected chi connectivity index (χ1v) is 11.8. The standard InChI is InChI=1S/C26H23ClN6O3/c1-36-18-6-4-5-17(13-18)22(34)15-32-16-30-23-19(14-28)25(31-11-9-29-10-12-31)33(24(23)26(32)35)21-8-3-2-7-20(21)27/h2-8,13,16,29H,9-12,15H2,1H3. The zero-order valence-corrected chi connectivity index (χ0v) is 20.3. The van der Waals surface area contributed by atoms with Crippen molar-refractivity contribution in [3.05, 3.63) is 81.4 Å². The van der Waals surface area contributed by atoms with Crippen molar-refractivity contribution in [3.8, 4) is 17.5 Å². The molecule has 1 aliphatic rings. The van der Waals surface area contributed by atoms with E-state index in [1.807, 2.05) is 6.07 Å². The number of Topliss-reactive ketones (excluding diaryl/α,β-unsaturated/α-hetero) is 1. The summed E-state index contributed by atoms with van der Waals surface area (Å²) in [7, 11) is 1.53. The summed E-state index contributed by atoms with van der Waals surface area (Å²) in [4.78, 5) is 33.4. The lowest BCUT2D eigenvalue weighted by atomic mass is 10.1. The Labute approximate surface area is 212 Å². The highest BCUT2D eigenvalue weighted by atomic mass is 35.5. The topological polar surface area (TPSA) is 105 Å². The third kappa shape index (κ3) is 4.11. The molecule has 9 nitrogen and oxygen atoms in total. The van der Waals surface area contributed by atoms with Gasteiger partial charge in [0.1, 0.15) is 34.2 Å². The molecule has 182 valence electrons. The van der Waals surface area contributed by atoms with Crippen LogP contribution in [0.1, 0.15) is 15.9 Å². The third-order valence-electron chi connectivity index (χ3n) is 6.24. The molecule has 10 heteroatoms. The Morgan fingerprint density at radius 1 is 1.19 bits per heavy atom. The van der Waals surface area contributed by atoms with Crippen LogP contribution in [-0.2, 0) is 6.54 Å². The fourth-order valence-electron chi connectivity index (χ4n) is 4.49. The average molecular weight is 503 g/mol. The number of nitriles is 1. The highest BCUT2D eigenvalue weighted by Crippen LogP contribution is 2.35. The normalized spacial score (nSPS) is 13.5. The van der Waals surface area contributed by atoms with Crippen LogP contribution in [0.15, 0.2) is 59.7 Å². The van der Waals surface area contributed by atoms with Crippen molar-refractivity contribution < 1.29 is 9.53 Å². The summed E-state index contributed by atoms with van der Waals surface area (Å²) in [5.41, 5.74) is 1.33. The second kappa shape index (κ2) is 9.85. The van der Waals surface area contributed by atoms with Crippen molar-refractivity contribution in [2.45, 2.75) is 6.54 Å². The predicted octanol–water partition coefficient (Wildman–Crippen LogP) is 3.01. The number of anilines is 1. The van der Waals surface area contributed by atoms with Gasteiger partial charge in [-0.15, -0.1) is 0 Å². The molecule has 4 aromatic rings. The predicted molar refractivity (Wildman–Crippen MR) is 137 cm³/mol. The number of benzene rings is 2. The lowest BCUT2D eigenvalue weighted by molar-refractivity contribution is 0.0970. The highest BCUT2D eigenvalue weighted by molar-refractivity contribution is 6.32. The molecule has 0 saturated carbocycles. The fourth-order valence-corrected chi connectivity index (χ4v) is 4.71. The number of halogens is 1. The second-order valence-corrected chi connectivity index (χ2v) is 8.77. The first-order chi connectivity index (χ1) is 17.5. The van der Waals surface area contributed by atoms with E-state index in [2.05, 4.69) is 21.3 Å². The number of ketones is 1. The molecule has 0 bridgehead atoms. The van der Waals surface area contributed by atoms with Gasteiger partial charge in [-0.1, -0.05) is 35.9 Å². The van der Waals surface area contributed by atoms with Crippen LogP contribution < -0.4 is 20.5 Å². The van der Waals surface area contributed by atoms with Crippen molar-refractivity contribution in [1.29, 1.82) is 5.26 Å². The molecular formula is C26H23ClN6O3. The zero-order chi connectivity index (χ0) is 25.2. The molecule has 1 N–H and O–H groups in total. The van der Waals surface area contributed by atoms with E-state index < -0.39 is 5.56 Å². The minimum atomic E-state index is -0.436. The van der Waals surface area contributed by atoms with Crippen LogP contribution in [0.2, 0.25) is 5.02 Å². The van der Waals surface area contributed by atoms with Gasteiger partial charge in [0.15, 0.2) is 5.78 Å². The Bertz CT molecular complexity index is 1560. The molecule has 1 fully saturated rings. The minimum Gasteiger partial charge on any atom is -0.497 e. The molecular weight excluding hydrogens is 480 g/mol. The lowest BCUT2D eigenvalue weighted by Gasteiger charge is -2.30. The number of hydrogen-bond acceptors (Lipinski definition) is 7. The van der Waals surface area contributed by atoms with E-state index in [4.69, 9.17) is 16.3 Å². The largest absolute Gasteiger partial charge is 0.497 e. The van der Waals surface area contributed by atoms with Crippen molar-refractivity contribution >= 4 is 34.2 Å². The maximum Gasteiger partial charge on any atom is 0.278 e. The Balaban J connectivity index is 1.71. The van der Waals surface area contributed by atoms with E-state index in [0.29, 0.717) is 46.5 Å². The quantitative estimate of drug-likeness (QED) is 0.404. The number of aromatic nitrogens is 3. The zero-order valence-electron chi connectivity index (χ0n) is 19.6. The van der Waals surface area contributed by atoms with E-state index in [9.17, 15) is 14.9 Å². The van der Waals surface area contributed by atoms with Crippen LogP contribution in [0, 0.1) is 11.3 Å². The van der Waals surface area contributed by atoms with Crippen LogP contribution >= 0.6 is 11.6 Å². The number of carbonyl (C=O) groups is 1. The Hall–Kier alpha value is -4.13. The van der Waals surface area contributed by atoms with Crippen LogP contribution in [0.3, 0.4) is 0 Å². The molecule has 0 unspecified atom stereocenters. The Kier molecular flexibility index (Phi) is 6.46. The van der Waals surface area contributed by atoms with Crippen molar-refractivity contribution in [3.63, 3.8) is 0 Å². The molecule has 3 heterocycles. The van der Waals surface area contributed by atoms with E-state index in [1.165, 1.54) is 18.0 Å². The number of methoxy groups -OCH3 is 1. The van der Waals surface area contributed by atoms with Crippen LogP contribution in [0.5, 0.6) is 5.75 Å². The molecule has 0 spiro atoms. The summed E-state index contributed by atoms with van der Waals surface area (Å²) in [6.07, 6.45) is 1.32. The van der Waals surface area contributed by atoms with E-state index in [0.717, 1.165) is 13.1 Å². The van der Waals surface area contributed by atoms with Crippen molar-refractivity contribution in [2.75, 3.05) is 38.2 Å². The van der Waals surface area contributed by atoms with Crippen LogP contribution in [0.4, 0.5) is 5.82 Å². The summed E-state index contributed by atoms with van der Waals surface area (Å²) < 4.78 is 8.19. The summed E-state index contributed by atoms with van der Waals surface area (Å²) in [6.45, 7) is 2.56. The first kappa shape index (κ1) is 23.6. The number of nitrogens with zero attached hydrogens (tertiary/aromatic N) is 5. The fraction of sp³-hybridized carbons (Fsp3) is 0.231. The molecule has 0 amide bonds. The van der Waals surface area contributed by atoms with Gasteiger partial charge < -0.3 is 15.0 Å². The van der Waals surface area contributed by atoms with Gasteiger partial charge in [0.2, 0.25) is 0 Å². The smallest absolute Gasteiger partial charge is 0.278 e. The Morgan fingerprint density at radius 2 is 1.97 bits per heavy atom. The van der Waals surface area contributed by atoms with Gasteiger partial charge in [0.25, 0.3) is 5.56 Å². The second-order valence-electron chi connectivity index (χ2n) is 8.36. The molecule has 1 aliphatic heterocycles. The van der Waals surface area contributed by atoms with Gasteiger partial charge >= 0.3 is 0 Å². The van der Waals surface area contributed by atoms with E-state index >= 15 is 0 Å². The number of ether oxygens (including phenoxy) is 1. The highest BCUT2D eigenvalue weighted by Gasteiger charge is 2.28. The maximum absolute atomic E-state index is 13.8. The average Bonchev–Trinajstić information content (AvgIpc) is 3.25. The molecule has 36 heavy (non-hydrogen) atoms. The first-order valence-electron chi connectivity index (χ1n) is 11.4. The van der Waals surface area contributed by atoms with Crippen LogP contribution in [-0.4, -0.2) is 53.2 Å². The van der Waals surface area contributed by atoms with Gasteiger partial charge in [0.05, 0.1) is 30.7 Å². The SMILES string of the molecule is COc1cccc(C(=O)Cn2cnc3c(C#N)c(N4CCNCC4)n(-c4ccccc4Cl)c3c2=O)c1. The van der Waals surface area contributed by atoms with Gasteiger partial charge in [-0.3, -0.25) is 18.7 Å².